The lowest BCUT2D eigenvalue weighted by Crippen LogP contribution is -2.41. The largest absolute Gasteiger partial charge is 0.480 e. The number of amides is 2. The molecule has 2 rings (SSSR count). The van der Waals surface area contributed by atoms with Crippen LogP contribution in [0.2, 0.25) is 0 Å². The summed E-state index contributed by atoms with van der Waals surface area (Å²) < 4.78 is 26.7. The zero-order valence-electron chi connectivity index (χ0n) is 12.0. The number of aliphatic carboxylic acids is 1. The highest BCUT2D eigenvalue weighted by Crippen LogP contribution is 2.20. The molecule has 1 aromatic carbocycles. The molecule has 10 heteroatoms. The average molecular weight is 358 g/mol. The molecule has 2 amide bonds. The van der Waals surface area contributed by atoms with E-state index in [4.69, 9.17) is 5.11 Å². The van der Waals surface area contributed by atoms with Gasteiger partial charge in [-0.25, -0.2) is 8.42 Å². The Hall–Kier alpha value is -1.91. The van der Waals surface area contributed by atoms with Crippen LogP contribution in [0.25, 0.3) is 0 Å². The zero-order valence-corrected chi connectivity index (χ0v) is 13.7. The second-order valence-corrected chi connectivity index (χ2v) is 7.48. The van der Waals surface area contributed by atoms with E-state index >= 15 is 0 Å². The Labute approximate surface area is 136 Å². The molecular weight excluding hydrogens is 344 g/mol. The highest BCUT2D eigenvalue weighted by molar-refractivity contribution is 7.98. The van der Waals surface area contributed by atoms with Crippen LogP contribution in [0.5, 0.6) is 0 Å². The number of hydrogen-bond acceptors (Lipinski definition) is 6. The van der Waals surface area contributed by atoms with Gasteiger partial charge in [-0.05, 0) is 36.6 Å². The summed E-state index contributed by atoms with van der Waals surface area (Å²) in [6.45, 7) is 0. The molecule has 1 atom stereocenters. The van der Waals surface area contributed by atoms with Gasteiger partial charge in [-0.3, -0.25) is 19.7 Å². The van der Waals surface area contributed by atoms with E-state index in [9.17, 15) is 22.8 Å². The van der Waals surface area contributed by atoms with Crippen LogP contribution in [-0.2, 0) is 14.8 Å². The molecule has 0 aliphatic carbocycles. The Bertz CT molecular complexity index is 775. The molecule has 3 N–H and O–H groups in total. The van der Waals surface area contributed by atoms with Crippen LogP contribution in [0.4, 0.5) is 0 Å². The Balaban J connectivity index is 2.29. The first-order valence-electron chi connectivity index (χ1n) is 6.50. The summed E-state index contributed by atoms with van der Waals surface area (Å²) in [5, 5.41) is 11.2. The molecule has 0 saturated heterocycles. The molecule has 1 aliphatic heterocycles. The molecule has 124 valence electrons. The van der Waals surface area contributed by atoms with Crippen molar-refractivity contribution in [2.45, 2.75) is 17.4 Å². The first-order chi connectivity index (χ1) is 10.8. The number of carbonyl (C=O) groups excluding carboxylic acids is 2. The van der Waals surface area contributed by atoms with Gasteiger partial charge in [-0.15, -0.1) is 0 Å². The topological polar surface area (TPSA) is 130 Å². The molecular formula is C13H14N2O6S2. The van der Waals surface area contributed by atoms with Crippen LogP contribution in [0.1, 0.15) is 27.1 Å². The van der Waals surface area contributed by atoms with Gasteiger partial charge in [0.2, 0.25) is 10.0 Å². The third kappa shape index (κ3) is 3.71. The van der Waals surface area contributed by atoms with Crippen LogP contribution in [-0.4, -0.2) is 49.4 Å². The second kappa shape index (κ2) is 6.69. The van der Waals surface area contributed by atoms with E-state index < -0.39 is 33.8 Å². The van der Waals surface area contributed by atoms with E-state index in [2.05, 4.69) is 10.0 Å². The monoisotopic (exact) mass is 358 g/mol. The van der Waals surface area contributed by atoms with Gasteiger partial charge in [0.25, 0.3) is 11.8 Å². The highest BCUT2D eigenvalue weighted by Gasteiger charge is 2.30. The molecule has 1 heterocycles. The van der Waals surface area contributed by atoms with Crippen molar-refractivity contribution in [2.24, 2.45) is 0 Å². The lowest BCUT2D eigenvalue weighted by molar-refractivity contribution is -0.139. The number of benzene rings is 1. The van der Waals surface area contributed by atoms with Gasteiger partial charge in [-0.2, -0.15) is 16.5 Å². The fraction of sp³-hybridized carbons (Fsp3) is 0.308. The van der Waals surface area contributed by atoms with Crippen LogP contribution < -0.4 is 10.0 Å². The van der Waals surface area contributed by atoms with Crippen molar-refractivity contribution in [3.8, 4) is 0 Å². The number of carboxylic acids is 1. The number of fused-ring (bicyclic) bond motifs is 1. The third-order valence-electron chi connectivity index (χ3n) is 3.22. The molecule has 8 nitrogen and oxygen atoms in total. The van der Waals surface area contributed by atoms with Crippen molar-refractivity contribution in [2.75, 3.05) is 12.0 Å². The van der Waals surface area contributed by atoms with E-state index in [1.807, 2.05) is 0 Å². The van der Waals surface area contributed by atoms with Crippen LogP contribution in [0.3, 0.4) is 0 Å². The molecule has 0 saturated carbocycles. The predicted octanol–water partition coefficient (Wildman–Crippen LogP) is 0.0548. The van der Waals surface area contributed by atoms with Gasteiger partial charge in [0.1, 0.15) is 6.04 Å². The Morgan fingerprint density at radius 1 is 1.30 bits per heavy atom. The van der Waals surface area contributed by atoms with Gasteiger partial charge in [-0.1, -0.05) is 0 Å². The summed E-state index contributed by atoms with van der Waals surface area (Å²) in [6, 6.07) is 2.18. The summed E-state index contributed by atoms with van der Waals surface area (Å²) >= 11 is 1.40. The summed E-state index contributed by atoms with van der Waals surface area (Å²) in [5.74, 6) is -2.08. The standard InChI is InChI=1S/C13H14N2O6S2/c1-22-5-4-10(13(18)19)15-23(20,21)7-2-3-8-9(6-7)12(17)14-11(8)16/h2-3,6,10,15H,4-5H2,1H3,(H,18,19)(H,14,16,17)/t10-/m1/s1. The molecule has 0 fully saturated rings. The first-order valence-corrected chi connectivity index (χ1v) is 9.38. The lowest BCUT2D eigenvalue weighted by Gasteiger charge is -2.14. The molecule has 0 unspecified atom stereocenters. The summed E-state index contributed by atoms with van der Waals surface area (Å²) in [6.07, 6.45) is 1.91. The molecule has 0 aromatic heterocycles. The number of carbonyl (C=O) groups is 3. The Morgan fingerprint density at radius 2 is 1.96 bits per heavy atom. The van der Waals surface area contributed by atoms with Crippen molar-refractivity contribution >= 4 is 39.6 Å². The minimum atomic E-state index is -4.13. The van der Waals surface area contributed by atoms with E-state index in [1.165, 1.54) is 17.8 Å². The maximum Gasteiger partial charge on any atom is 0.321 e. The molecule has 0 radical (unpaired) electrons. The maximum absolute atomic E-state index is 12.3. The molecule has 0 spiro atoms. The van der Waals surface area contributed by atoms with E-state index in [0.717, 1.165) is 12.1 Å². The van der Waals surface area contributed by atoms with Gasteiger partial charge in [0, 0.05) is 0 Å². The molecule has 1 aliphatic rings. The zero-order chi connectivity index (χ0) is 17.2. The number of imide groups is 1. The van der Waals surface area contributed by atoms with Crippen molar-refractivity contribution in [3.05, 3.63) is 29.3 Å². The number of rotatable bonds is 7. The highest BCUT2D eigenvalue weighted by atomic mass is 32.2. The third-order valence-corrected chi connectivity index (χ3v) is 5.34. The van der Waals surface area contributed by atoms with Crippen molar-refractivity contribution in [1.29, 1.82) is 0 Å². The molecule has 23 heavy (non-hydrogen) atoms. The lowest BCUT2D eigenvalue weighted by atomic mass is 10.1. The number of sulfonamides is 1. The van der Waals surface area contributed by atoms with E-state index in [0.29, 0.717) is 5.75 Å². The van der Waals surface area contributed by atoms with Gasteiger partial charge < -0.3 is 5.11 Å². The summed E-state index contributed by atoms with van der Waals surface area (Å²) in [5.41, 5.74) is 0.0416. The smallest absolute Gasteiger partial charge is 0.321 e. The summed E-state index contributed by atoms with van der Waals surface area (Å²) in [7, 11) is -4.13. The van der Waals surface area contributed by atoms with Crippen LogP contribution in [0.15, 0.2) is 23.1 Å². The first kappa shape index (κ1) is 17.4. The Kier molecular flexibility index (Phi) is 5.07. The number of carboxylic acid groups (broad SMARTS) is 1. The minimum absolute atomic E-state index is 0.0473. The van der Waals surface area contributed by atoms with Crippen LogP contribution in [0, 0.1) is 0 Å². The number of nitrogens with one attached hydrogen (secondary N) is 2. The van der Waals surface area contributed by atoms with Crippen LogP contribution >= 0.6 is 11.8 Å². The molecule has 0 bridgehead atoms. The Morgan fingerprint density at radius 3 is 2.57 bits per heavy atom. The fourth-order valence-corrected chi connectivity index (χ4v) is 3.76. The van der Waals surface area contributed by atoms with Gasteiger partial charge in [0.05, 0.1) is 16.0 Å². The fourth-order valence-electron chi connectivity index (χ4n) is 2.04. The van der Waals surface area contributed by atoms with Crippen molar-refractivity contribution in [3.63, 3.8) is 0 Å². The quantitative estimate of drug-likeness (QED) is 0.587. The SMILES string of the molecule is CSCC[C@@H](NS(=O)(=O)c1ccc2c(c1)C(=O)NC2=O)C(=O)O. The number of hydrogen-bond donors (Lipinski definition) is 3. The van der Waals surface area contributed by atoms with E-state index in [-0.39, 0.29) is 22.4 Å². The van der Waals surface area contributed by atoms with Crippen molar-refractivity contribution in [1.82, 2.24) is 10.0 Å². The van der Waals surface area contributed by atoms with E-state index in [1.54, 1.807) is 6.26 Å². The van der Waals surface area contributed by atoms with Gasteiger partial charge >= 0.3 is 5.97 Å². The normalized spacial score (nSPS) is 15.2. The predicted molar refractivity (Wildman–Crippen MR) is 83.0 cm³/mol. The summed E-state index contributed by atoms with van der Waals surface area (Å²) in [4.78, 5) is 33.9. The van der Waals surface area contributed by atoms with Gasteiger partial charge in [0.15, 0.2) is 0 Å². The minimum Gasteiger partial charge on any atom is -0.480 e. The molecule has 1 aromatic rings. The second-order valence-electron chi connectivity index (χ2n) is 4.78. The van der Waals surface area contributed by atoms with Crippen molar-refractivity contribution < 1.29 is 27.9 Å². The average Bonchev–Trinajstić information content (AvgIpc) is 2.77. The maximum atomic E-state index is 12.3. The number of thioether (sulfide) groups is 1.